The number of thioether (sulfide) groups is 1. The molecule has 0 atom stereocenters. The van der Waals surface area contributed by atoms with E-state index in [9.17, 15) is 9.59 Å². The van der Waals surface area contributed by atoms with Crippen LogP contribution in [0.1, 0.15) is 5.56 Å². The van der Waals surface area contributed by atoms with E-state index in [1.165, 1.54) is 23.1 Å². The zero-order valence-electron chi connectivity index (χ0n) is 11.8. The van der Waals surface area contributed by atoms with Gasteiger partial charge >= 0.3 is 0 Å². The van der Waals surface area contributed by atoms with Crippen molar-refractivity contribution in [3.8, 4) is 0 Å². The van der Waals surface area contributed by atoms with Gasteiger partial charge in [0.05, 0.1) is 11.1 Å². The van der Waals surface area contributed by atoms with Crippen LogP contribution in [0.25, 0.3) is 10.2 Å². The smallest absolute Gasteiger partial charge is 0.260 e. The van der Waals surface area contributed by atoms with E-state index in [1.807, 2.05) is 42.6 Å². The SMILES string of the molecule is Cc1csc2nc(SCC(=O)Nc3ccccc3)[nH]c(=O)c12. The van der Waals surface area contributed by atoms with Gasteiger partial charge in [-0.1, -0.05) is 30.0 Å². The summed E-state index contributed by atoms with van der Waals surface area (Å²) < 4.78 is 0. The van der Waals surface area contributed by atoms with E-state index in [1.54, 1.807) is 0 Å². The zero-order chi connectivity index (χ0) is 15.5. The first-order valence-electron chi connectivity index (χ1n) is 6.59. The molecule has 0 saturated heterocycles. The molecule has 0 saturated carbocycles. The molecule has 1 aromatic carbocycles. The largest absolute Gasteiger partial charge is 0.325 e. The Kier molecular flexibility index (Phi) is 4.26. The number of rotatable bonds is 4. The molecule has 0 fully saturated rings. The predicted octanol–water partition coefficient (Wildman–Crippen LogP) is 3.02. The second-order valence-corrected chi connectivity index (χ2v) is 6.49. The van der Waals surface area contributed by atoms with Crippen molar-refractivity contribution in [3.63, 3.8) is 0 Å². The molecule has 3 aromatic rings. The first-order valence-corrected chi connectivity index (χ1v) is 8.46. The topological polar surface area (TPSA) is 74.8 Å². The van der Waals surface area contributed by atoms with Crippen LogP contribution in [0.5, 0.6) is 0 Å². The van der Waals surface area contributed by atoms with Gasteiger partial charge in [-0.05, 0) is 30.0 Å². The maximum atomic E-state index is 12.0. The minimum Gasteiger partial charge on any atom is -0.325 e. The lowest BCUT2D eigenvalue weighted by molar-refractivity contribution is -0.113. The summed E-state index contributed by atoms with van der Waals surface area (Å²) in [7, 11) is 0. The molecule has 1 amide bonds. The highest BCUT2D eigenvalue weighted by atomic mass is 32.2. The molecule has 2 heterocycles. The number of aromatic nitrogens is 2. The number of para-hydroxylation sites is 1. The Morgan fingerprint density at radius 1 is 1.36 bits per heavy atom. The number of anilines is 1. The van der Waals surface area contributed by atoms with Crippen LogP contribution < -0.4 is 10.9 Å². The number of carbonyl (C=O) groups excluding carboxylic acids is 1. The fraction of sp³-hybridized carbons (Fsp3) is 0.133. The highest BCUT2D eigenvalue weighted by Crippen LogP contribution is 2.22. The van der Waals surface area contributed by atoms with Gasteiger partial charge in [0.15, 0.2) is 5.16 Å². The molecule has 2 aromatic heterocycles. The van der Waals surface area contributed by atoms with Gasteiger partial charge in [0, 0.05) is 5.69 Å². The van der Waals surface area contributed by atoms with Crippen LogP contribution in [0.4, 0.5) is 5.69 Å². The Morgan fingerprint density at radius 2 is 2.14 bits per heavy atom. The number of H-pyrrole nitrogens is 1. The lowest BCUT2D eigenvalue weighted by Gasteiger charge is -2.04. The number of fused-ring (bicyclic) bond motifs is 1. The lowest BCUT2D eigenvalue weighted by atomic mass is 10.3. The molecule has 0 radical (unpaired) electrons. The van der Waals surface area contributed by atoms with Crippen LogP contribution in [0.3, 0.4) is 0 Å². The van der Waals surface area contributed by atoms with E-state index in [2.05, 4.69) is 15.3 Å². The number of benzene rings is 1. The minimum atomic E-state index is -0.158. The van der Waals surface area contributed by atoms with Crippen molar-refractivity contribution in [2.45, 2.75) is 12.1 Å². The summed E-state index contributed by atoms with van der Waals surface area (Å²) in [4.78, 5) is 31.7. The molecule has 3 rings (SSSR count). The van der Waals surface area contributed by atoms with Gasteiger partial charge in [-0.3, -0.25) is 9.59 Å². The van der Waals surface area contributed by atoms with Gasteiger partial charge < -0.3 is 10.3 Å². The van der Waals surface area contributed by atoms with Gasteiger partial charge in [-0.15, -0.1) is 11.3 Å². The molecule has 2 N–H and O–H groups in total. The second-order valence-electron chi connectivity index (χ2n) is 4.67. The van der Waals surface area contributed by atoms with Crippen molar-refractivity contribution in [1.82, 2.24) is 9.97 Å². The summed E-state index contributed by atoms with van der Waals surface area (Å²) in [5.41, 5.74) is 1.51. The predicted molar refractivity (Wildman–Crippen MR) is 90.8 cm³/mol. The monoisotopic (exact) mass is 331 g/mol. The Bertz CT molecular complexity index is 871. The Morgan fingerprint density at radius 3 is 2.91 bits per heavy atom. The Hall–Kier alpha value is -2.12. The third-order valence-electron chi connectivity index (χ3n) is 3.00. The van der Waals surface area contributed by atoms with Gasteiger partial charge in [0.2, 0.25) is 5.91 Å². The highest BCUT2D eigenvalue weighted by Gasteiger charge is 2.10. The number of aryl methyl sites for hydroxylation is 1. The molecule has 5 nitrogen and oxygen atoms in total. The number of amides is 1. The molecular weight excluding hydrogens is 318 g/mol. The minimum absolute atomic E-state index is 0.138. The third-order valence-corrected chi connectivity index (χ3v) is 4.87. The van der Waals surface area contributed by atoms with E-state index in [-0.39, 0.29) is 17.2 Å². The zero-order valence-corrected chi connectivity index (χ0v) is 13.4. The number of nitrogens with one attached hydrogen (secondary N) is 2. The van der Waals surface area contributed by atoms with E-state index in [0.717, 1.165) is 11.3 Å². The quantitative estimate of drug-likeness (QED) is 0.569. The van der Waals surface area contributed by atoms with Crippen LogP contribution in [0.15, 0.2) is 45.7 Å². The third kappa shape index (κ3) is 3.20. The normalized spacial score (nSPS) is 10.8. The summed E-state index contributed by atoms with van der Waals surface area (Å²) in [5.74, 6) is 0.0505. The molecule has 0 unspecified atom stereocenters. The number of thiophene rings is 1. The van der Waals surface area contributed by atoms with E-state index in [0.29, 0.717) is 15.4 Å². The van der Waals surface area contributed by atoms with E-state index in [4.69, 9.17) is 0 Å². The number of hydrogen-bond donors (Lipinski definition) is 2. The fourth-order valence-corrected chi connectivity index (χ4v) is 3.63. The Balaban J connectivity index is 1.69. The molecule has 0 aliphatic carbocycles. The summed E-state index contributed by atoms with van der Waals surface area (Å²) in [6, 6.07) is 9.24. The molecular formula is C15H13N3O2S2. The molecule has 0 aliphatic rings. The highest BCUT2D eigenvalue weighted by molar-refractivity contribution is 7.99. The molecule has 7 heteroatoms. The number of carbonyl (C=O) groups is 1. The molecule has 0 aliphatic heterocycles. The summed E-state index contributed by atoms with van der Waals surface area (Å²) in [6.07, 6.45) is 0. The van der Waals surface area contributed by atoms with Crippen molar-refractivity contribution in [3.05, 3.63) is 51.6 Å². The summed E-state index contributed by atoms with van der Waals surface area (Å²) >= 11 is 2.65. The average Bonchev–Trinajstić information content (AvgIpc) is 2.88. The van der Waals surface area contributed by atoms with Gasteiger partial charge in [-0.25, -0.2) is 4.98 Å². The summed E-state index contributed by atoms with van der Waals surface area (Å²) in [5, 5.41) is 5.79. The van der Waals surface area contributed by atoms with Gasteiger partial charge in [0.1, 0.15) is 4.83 Å². The first kappa shape index (κ1) is 14.8. The van der Waals surface area contributed by atoms with Crippen molar-refractivity contribution in [1.29, 1.82) is 0 Å². The van der Waals surface area contributed by atoms with Crippen LogP contribution in [0, 0.1) is 6.92 Å². The average molecular weight is 331 g/mol. The summed E-state index contributed by atoms with van der Waals surface area (Å²) in [6.45, 7) is 1.88. The number of nitrogens with zero attached hydrogens (tertiary/aromatic N) is 1. The Labute approximate surface area is 134 Å². The second kappa shape index (κ2) is 6.33. The van der Waals surface area contributed by atoms with Crippen LogP contribution >= 0.6 is 23.1 Å². The fourth-order valence-electron chi connectivity index (χ4n) is 1.99. The molecule has 112 valence electrons. The van der Waals surface area contributed by atoms with E-state index >= 15 is 0 Å². The van der Waals surface area contributed by atoms with Crippen LogP contribution in [0.2, 0.25) is 0 Å². The molecule has 22 heavy (non-hydrogen) atoms. The number of aromatic amines is 1. The standard InChI is InChI=1S/C15H13N3O2S2/c1-9-7-21-14-12(9)13(20)17-15(18-14)22-8-11(19)16-10-5-3-2-4-6-10/h2-7H,8H2,1H3,(H,16,19)(H,17,18,20). The van der Waals surface area contributed by atoms with Gasteiger partial charge in [-0.2, -0.15) is 0 Å². The molecule has 0 spiro atoms. The van der Waals surface area contributed by atoms with Gasteiger partial charge in [0.25, 0.3) is 5.56 Å². The first-order chi connectivity index (χ1) is 10.6. The lowest BCUT2D eigenvalue weighted by Crippen LogP contribution is -2.15. The maximum absolute atomic E-state index is 12.0. The van der Waals surface area contributed by atoms with Crippen molar-refractivity contribution < 1.29 is 4.79 Å². The molecule has 0 bridgehead atoms. The van der Waals surface area contributed by atoms with Crippen LogP contribution in [-0.4, -0.2) is 21.6 Å². The number of hydrogen-bond acceptors (Lipinski definition) is 5. The van der Waals surface area contributed by atoms with Crippen molar-refractivity contribution in [2.75, 3.05) is 11.1 Å². The van der Waals surface area contributed by atoms with Crippen LogP contribution in [-0.2, 0) is 4.79 Å². The van der Waals surface area contributed by atoms with E-state index < -0.39 is 0 Å². The maximum Gasteiger partial charge on any atom is 0.260 e. The van der Waals surface area contributed by atoms with Crippen molar-refractivity contribution >= 4 is 44.9 Å². The van der Waals surface area contributed by atoms with Crippen molar-refractivity contribution in [2.24, 2.45) is 0 Å².